The van der Waals surface area contributed by atoms with Crippen molar-refractivity contribution in [3.05, 3.63) is 59.1 Å². The number of carboxylic acid groups (broad SMARTS) is 1. The number of para-hydroxylation sites is 2. The molecule has 7 heteroatoms. The van der Waals surface area contributed by atoms with E-state index in [1.165, 1.54) is 32.1 Å². The van der Waals surface area contributed by atoms with Gasteiger partial charge in [-0.3, -0.25) is 14.9 Å². The lowest BCUT2D eigenvalue weighted by Crippen LogP contribution is -2.53. The molecule has 33 heavy (non-hydrogen) atoms. The van der Waals surface area contributed by atoms with Crippen molar-refractivity contribution < 1.29 is 19.4 Å². The molecule has 2 aromatic carbocycles. The van der Waals surface area contributed by atoms with Gasteiger partial charge in [0.1, 0.15) is 24.4 Å². The number of nitrogens with zero attached hydrogens (tertiary/aromatic N) is 1. The van der Waals surface area contributed by atoms with Crippen LogP contribution in [-0.4, -0.2) is 35.7 Å². The number of anilines is 1. The minimum Gasteiger partial charge on any atom is -0.489 e. The molecule has 1 heterocycles. The lowest BCUT2D eigenvalue weighted by molar-refractivity contribution is -0.140. The number of halogens is 1. The van der Waals surface area contributed by atoms with Crippen molar-refractivity contribution in [2.45, 2.75) is 63.6 Å². The van der Waals surface area contributed by atoms with Crippen molar-refractivity contribution in [3.8, 4) is 5.75 Å². The highest BCUT2D eigenvalue weighted by atomic mass is 35.5. The van der Waals surface area contributed by atoms with Crippen LogP contribution in [0.15, 0.2) is 48.5 Å². The maximum Gasteiger partial charge on any atom is 0.320 e. The Balaban J connectivity index is 1.51. The second-order valence-corrected chi connectivity index (χ2v) is 9.46. The van der Waals surface area contributed by atoms with Gasteiger partial charge in [0.15, 0.2) is 0 Å². The van der Waals surface area contributed by atoms with E-state index in [2.05, 4.69) is 5.32 Å². The molecule has 4 rings (SSSR count). The van der Waals surface area contributed by atoms with Gasteiger partial charge in [-0.15, -0.1) is 0 Å². The van der Waals surface area contributed by atoms with Gasteiger partial charge in [-0.25, -0.2) is 0 Å². The summed E-state index contributed by atoms with van der Waals surface area (Å²) in [7, 11) is 0. The Kier molecular flexibility index (Phi) is 7.89. The summed E-state index contributed by atoms with van der Waals surface area (Å²) in [6.45, 7) is 0.425. The lowest BCUT2D eigenvalue weighted by Gasteiger charge is -2.28. The predicted octanol–water partition coefficient (Wildman–Crippen LogP) is 5.04. The third kappa shape index (κ3) is 6.06. The number of carbonyl (C=O) groups is 2. The third-order valence-electron chi connectivity index (χ3n) is 6.67. The number of carboxylic acids is 1. The first-order valence-electron chi connectivity index (χ1n) is 11.8. The molecule has 1 amide bonds. The smallest absolute Gasteiger partial charge is 0.320 e. The van der Waals surface area contributed by atoms with Gasteiger partial charge >= 0.3 is 5.97 Å². The second kappa shape index (κ2) is 11.0. The summed E-state index contributed by atoms with van der Waals surface area (Å²) in [4.78, 5) is 27.3. The molecule has 6 nitrogen and oxygen atoms in total. The molecule has 0 spiro atoms. The van der Waals surface area contributed by atoms with Gasteiger partial charge in [-0.1, -0.05) is 68.0 Å². The van der Waals surface area contributed by atoms with Crippen LogP contribution < -0.4 is 15.0 Å². The summed E-state index contributed by atoms with van der Waals surface area (Å²) in [5.41, 5.74) is 1.60. The van der Waals surface area contributed by atoms with Crippen molar-refractivity contribution in [2.75, 3.05) is 11.5 Å². The molecular formula is C26H31ClN2O4. The van der Waals surface area contributed by atoms with E-state index in [0.717, 1.165) is 12.0 Å². The van der Waals surface area contributed by atoms with E-state index in [4.69, 9.17) is 16.3 Å². The molecule has 2 aliphatic rings. The molecule has 1 fully saturated rings. The fourth-order valence-electron chi connectivity index (χ4n) is 4.81. The van der Waals surface area contributed by atoms with Gasteiger partial charge in [0.25, 0.3) is 0 Å². The number of rotatable bonds is 8. The van der Waals surface area contributed by atoms with Gasteiger partial charge in [-0.05, 0) is 48.6 Å². The average Bonchev–Trinajstić information content (AvgIpc) is 2.95. The number of amides is 1. The Morgan fingerprint density at radius 3 is 2.58 bits per heavy atom. The Morgan fingerprint density at radius 1 is 1.12 bits per heavy atom. The normalized spacial score (nSPS) is 20.0. The molecule has 1 saturated carbocycles. The quantitative estimate of drug-likeness (QED) is 0.565. The van der Waals surface area contributed by atoms with E-state index < -0.39 is 18.1 Å². The van der Waals surface area contributed by atoms with Crippen LogP contribution in [-0.2, 0) is 16.1 Å². The van der Waals surface area contributed by atoms with E-state index in [-0.39, 0.29) is 12.5 Å². The molecule has 2 atom stereocenters. The molecule has 2 N–H and O–H groups in total. The van der Waals surface area contributed by atoms with Crippen LogP contribution in [0.1, 0.15) is 50.5 Å². The highest BCUT2D eigenvalue weighted by Gasteiger charge is 2.34. The molecule has 2 aromatic rings. The third-order valence-corrected chi connectivity index (χ3v) is 6.92. The number of nitrogens with one attached hydrogen (secondary N) is 1. The summed E-state index contributed by atoms with van der Waals surface area (Å²) in [5, 5.41) is 13.6. The SMILES string of the molecule is O=C(O)[C@H](CCC1CCCCC1)N[C@H]1COc2ccccc2N(Cc2ccc(Cl)cc2)C1=O. The Labute approximate surface area is 199 Å². The molecule has 176 valence electrons. The van der Waals surface area contributed by atoms with Gasteiger partial charge in [0.2, 0.25) is 5.91 Å². The fraction of sp³-hybridized carbons (Fsp3) is 0.462. The van der Waals surface area contributed by atoms with Crippen molar-refractivity contribution in [3.63, 3.8) is 0 Å². The Morgan fingerprint density at radius 2 is 1.85 bits per heavy atom. The van der Waals surface area contributed by atoms with Crippen molar-refractivity contribution in [1.82, 2.24) is 5.32 Å². The van der Waals surface area contributed by atoms with Crippen molar-refractivity contribution in [2.24, 2.45) is 5.92 Å². The predicted molar refractivity (Wildman–Crippen MR) is 129 cm³/mol. The van der Waals surface area contributed by atoms with E-state index in [9.17, 15) is 14.7 Å². The molecule has 0 aromatic heterocycles. The monoisotopic (exact) mass is 470 g/mol. The van der Waals surface area contributed by atoms with Crippen molar-refractivity contribution in [1.29, 1.82) is 0 Å². The van der Waals surface area contributed by atoms with E-state index in [0.29, 0.717) is 35.3 Å². The van der Waals surface area contributed by atoms with Crippen LogP contribution in [0, 0.1) is 5.92 Å². The number of aliphatic carboxylic acids is 1. The summed E-state index contributed by atoms with van der Waals surface area (Å²) in [6, 6.07) is 13.2. The van der Waals surface area contributed by atoms with Crippen LogP contribution in [0.5, 0.6) is 5.75 Å². The zero-order chi connectivity index (χ0) is 23.2. The first kappa shape index (κ1) is 23.6. The van der Waals surface area contributed by atoms with Gasteiger partial charge in [0, 0.05) is 5.02 Å². The van der Waals surface area contributed by atoms with Gasteiger partial charge in [0.05, 0.1) is 12.2 Å². The maximum atomic E-state index is 13.6. The van der Waals surface area contributed by atoms with Gasteiger partial charge in [-0.2, -0.15) is 0 Å². The zero-order valence-corrected chi connectivity index (χ0v) is 19.5. The van der Waals surface area contributed by atoms with E-state index in [1.54, 1.807) is 17.0 Å². The highest BCUT2D eigenvalue weighted by molar-refractivity contribution is 6.30. The Bertz CT molecular complexity index is 959. The molecule has 0 unspecified atom stereocenters. The minimum atomic E-state index is -0.926. The van der Waals surface area contributed by atoms with Crippen LogP contribution in [0.2, 0.25) is 5.02 Å². The molecule has 0 bridgehead atoms. The molecule has 1 aliphatic heterocycles. The minimum absolute atomic E-state index is 0.0835. The van der Waals surface area contributed by atoms with Gasteiger partial charge < -0.3 is 14.7 Å². The topological polar surface area (TPSA) is 78.9 Å². The zero-order valence-electron chi connectivity index (χ0n) is 18.7. The first-order chi connectivity index (χ1) is 16.0. The number of fused-ring (bicyclic) bond motifs is 1. The van der Waals surface area contributed by atoms with E-state index in [1.807, 2.05) is 36.4 Å². The maximum absolute atomic E-state index is 13.6. The highest BCUT2D eigenvalue weighted by Crippen LogP contribution is 2.33. The summed E-state index contributed by atoms with van der Waals surface area (Å²) in [6.07, 6.45) is 7.43. The molecule has 1 aliphatic carbocycles. The molecule has 0 saturated heterocycles. The largest absolute Gasteiger partial charge is 0.489 e. The summed E-state index contributed by atoms with van der Waals surface area (Å²) >= 11 is 6.02. The summed E-state index contributed by atoms with van der Waals surface area (Å²) in [5.74, 6) is 0.0655. The van der Waals surface area contributed by atoms with Crippen LogP contribution in [0.4, 0.5) is 5.69 Å². The lowest BCUT2D eigenvalue weighted by atomic mass is 9.85. The number of carbonyl (C=O) groups excluding carboxylic acids is 1. The first-order valence-corrected chi connectivity index (χ1v) is 12.2. The number of hydrogen-bond acceptors (Lipinski definition) is 4. The molecule has 0 radical (unpaired) electrons. The number of hydrogen-bond donors (Lipinski definition) is 2. The summed E-state index contributed by atoms with van der Waals surface area (Å²) < 4.78 is 5.95. The van der Waals surface area contributed by atoms with Crippen molar-refractivity contribution >= 4 is 29.2 Å². The number of ether oxygens (including phenoxy) is 1. The fourth-order valence-corrected chi connectivity index (χ4v) is 4.93. The van der Waals surface area contributed by atoms with Crippen LogP contribution in [0.25, 0.3) is 0 Å². The molecular weight excluding hydrogens is 440 g/mol. The van der Waals surface area contributed by atoms with Crippen LogP contribution in [0.3, 0.4) is 0 Å². The van der Waals surface area contributed by atoms with Crippen LogP contribution >= 0.6 is 11.6 Å². The number of benzene rings is 2. The standard InChI is InChI=1S/C26H31ClN2O4/c27-20-13-10-19(11-14-20)16-29-23-8-4-5-9-24(23)33-17-22(25(29)30)28-21(26(31)32)15-12-18-6-2-1-3-7-18/h4-5,8-11,13-14,18,21-22,28H,1-3,6-7,12,15-17H2,(H,31,32)/t21-,22-/m0/s1. The second-order valence-electron chi connectivity index (χ2n) is 9.02. The Hall–Kier alpha value is -2.57. The average molecular weight is 471 g/mol. The van der Waals surface area contributed by atoms with E-state index >= 15 is 0 Å².